The molecule has 0 aliphatic carbocycles. The molecule has 2 aliphatic heterocycles. The molecule has 2 fully saturated rings. The summed E-state index contributed by atoms with van der Waals surface area (Å²) >= 11 is 2.27. The van der Waals surface area contributed by atoms with Gasteiger partial charge >= 0.3 is 0 Å². The Labute approximate surface area is 276 Å². The van der Waals surface area contributed by atoms with Crippen molar-refractivity contribution < 1.29 is 9.59 Å². The van der Waals surface area contributed by atoms with Gasteiger partial charge in [0.1, 0.15) is 0 Å². The van der Waals surface area contributed by atoms with E-state index in [1.807, 2.05) is 42.5 Å². The van der Waals surface area contributed by atoms with Crippen molar-refractivity contribution in [2.75, 3.05) is 26.2 Å². The van der Waals surface area contributed by atoms with Crippen molar-refractivity contribution >= 4 is 40.5 Å². The van der Waals surface area contributed by atoms with Gasteiger partial charge in [0.2, 0.25) is 11.8 Å². The molecule has 0 spiro atoms. The Morgan fingerprint density at radius 1 is 0.932 bits per heavy atom. The predicted molar refractivity (Wildman–Crippen MR) is 187 cm³/mol. The summed E-state index contributed by atoms with van der Waals surface area (Å²) < 4.78 is 1.16. The zero-order valence-electron chi connectivity index (χ0n) is 25.9. The van der Waals surface area contributed by atoms with Gasteiger partial charge in [0.25, 0.3) is 0 Å². The van der Waals surface area contributed by atoms with Crippen molar-refractivity contribution in [3.8, 4) is 0 Å². The number of carbonyl (C=O) groups excluding carboxylic acids is 2. The van der Waals surface area contributed by atoms with Crippen molar-refractivity contribution in [1.29, 1.82) is 0 Å². The summed E-state index contributed by atoms with van der Waals surface area (Å²) in [5.74, 6) is 0.124. The predicted octanol–water partition coefficient (Wildman–Crippen LogP) is 6.07. The van der Waals surface area contributed by atoms with Gasteiger partial charge in [0.15, 0.2) is 0 Å². The molecular formula is C37H45IN4O2. The Balaban J connectivity index is 1.30. The summed E-state index contributed by atoms with van der Waals surface area (Å²) in [6.07, 6.45) is 7.37. The standard InChI is InChI=1S/C37H45IN4O2/c1-27-13-14-28(2)42(27)24-22-35-37(44)41(26-34(30-9-5-3-6-10-30)31-11-7-4-8-12-31)23-21-33(40-35)25-39-36(43)20-17-29-15-18-32(38)19-16-29/h3-12,15-20,27-28,33-35,40H,13-14,21-26H2,1-2H3,(H,39,43)/b20-17+/t27?,28?,33-,35-/m0/s1. The molecule has 6 nitrogen and oxygen atoms in total. The van der Waals surface area contributed by atoms with E-state index in [1.54, 1.807) is 6.08 Å². The summed E-state index contributed by atoms with van der Waals surface area (Å²) in [7, 11) is 0. The summed E-state index contributed by atoms with van der Waals surface area (Å²) in [4.78, 5) is 31.6. The second-order valence-electron chi connectivity index (χ2n) is 12.3. The van der Waals surface area contributed by atoms with Gasteiger partial charge in [0, 0.05) is 59.9 Å². The molecule has 2 amide bonds. The number of amides is 2. The highest BCUT2D eigenvalue weighted by Gasteiger charge is 2.34. The third kappa shape index (κ3) is 8.79. The minimum atomic E-state index is -0.297. The van der Waals surface area contributed by atoms with Crippen molar-refractivity contribution in [2.45, 2.75) is 69.6 Å². The molecule has 3 aromatic rings. The second kappa shape index (κ2) is 15.8. The first-order valence-corrected chi connectivity index (χ1v) is 17.1. The van der Waals surface area contributed by atoms with Crippen LogP contribution in [0.25, 0.3) is 6.08 Å². The van der Waals surface area contributed by atoms with Crippen molar-refractivity contribution in [1.82, 2.24) is 20.4 Å². The van der Waals surface area contributed by atoms with Gasteiger partial charge in [-0.05, 0) is 97.0 Å². The molecule has 0 radical (unpaired) electrons. The maximum Gasteiger partial charge on any atom is 0.244 e. The lowest BCUT2D eigenvalue weighted by Crippen LogP contribution is -2.50. The van der Waals surface area contributed by atoms with Crippen LogP contribution in [-0.4, -0.2) is 72.0 Å². The SMILES string of the molecule is CC1CCC(C)N1CC[C@@H]1N[C@H](CNC(=O)/C=C/c2ccc(I)cc2)CCN(CC(c2ccccc2)c2ccccc2)C1=O. The number of carbonyl (C=O) groups is 2. The van der Waals surface area contributed by atoms with Gasteiger partial charge in [-0.3, -0.25) is 14.5 Å². The first-order valence-electron chi connectivity index (χ1n) is 16.0. The van der Waals surface area contributed by atoms with E-state index in [0.717, 1.165) is 28.5 Å². The Bertz CT molecular complexity index is 1330. The Morgan fingerprint density at radius 3 is 2.16 bits per heavy atom. The molecule has 2 heterocycles. The Morgan fingerprint density at radius 2 is 1.55 bits per heavy atom. The zero-order chi connectivity index (χ0) is 30.9. The maximum atomic E-state index is 14.2. The highest BCUT2D eigenvalue weighted by molar-refractivity contribution is 14.1. The van der Waals surface area contributed by atoms with Crippen LogP contribution in [0.3, 0.4) is 0 Å². The van der Waals surface area contributed by atoms with E-state index >= 15 is 0 Å². The average molecular weight is 705 g/mol. The molecule has 4 atom stereocenters. The molecule has 2 aliphatic rings. The number of rotatable bonds is 11. The summed E-state index contributed by atoms with van der Waals surface area (Å²) in [6, 6.07) is 29.9. The average Bonchev–Trinajstić information content (AvgIpc) is 3.29. The topological polar surface area (TPSA) is 64.7 Å². The van der Waals surface area contributed by atoms with Crippen LogP contribution < -0.4 is 10.6 Å². The minimum Gasteiger partial charge on any atom is -0.351 e. The van der Waals surface area contributed by atoms with E-state index in [2.05, 4.69) is 105 Å². The van der Waals surface area contributed by atoms with Crippen LogP contribution in [0.15, 0.2) is 91.0 Å². The molecule has 0 bridgehead atoms. The number of nitrogens with one attached hydrogen (secondary N) is 2. The maximum absolute atomic E-state index is 14.2. The lowest BCUT2D eigenvalue weighted by molar-refractivity contribution is -0.133. The zero-order valence-corrected chi connectivity index (χ0v) is 28.0. The third-order valence-corrected chi connectivity index (χ3v) is 9.95. The molecule has 232 valence electrons. The van der Waals surface area contributed by atoms with Gasteiger partial charge in [-0.15, -0.1) is 0 Å². The monoisotopic (exact) mass is 704 g/mol. The van der Waals surface area contributed by atoms with Gasteiger partial charge < -0.3 is 15.5 Å². The first kappa shape index (κ1) is 32.4. The first-order chi connectivity index (χ1) is 21.4. The Hall–Kier alpha value is -3.01. The fraction of sp³-hybridized carbons (Fsp3) is 0.405. The molecule has 44 heavy (non-hydrogen) atoms. The smallest absolute Gasteiger partial charge is 0.244 e. The number of nitrogens with zero attached hydrogens (tertiary/aromatic N) is 2. The molecular weight excluding hydrogens is 659 g/mol. The number of likely N-dealkylation sites (tertiary alicyclic amines) is 1. The van der Waals surface area contributed by atoms with E-state index in [-0.39, 0.29) is 29.8 Å². The fourth-order valence-electron chi connectivity index (χ4n) is 6.62. The largest absolute Gasteiger partial charge is 0.351 e. The Kier molecular flexibility index (Phi) is 11.6. The number of halogens is 1. The molecule has 3 aromatic carbocycles. The molecule has 0 saturated carbocycles. The van der Waals surface area contributed by atoms with Crippen LogP contribution in [0.1, 0.15) is 62.1 Å². The second-order valence-corrected chi connectivity index (χ2v) is 13.5. The lowest BCUT2D eigenvalue weighted by Gasteiger charge is -2.31. The van der Waals surface area contributed by atoms with Crippen LogP contribution in [0.2, 0.25) is 0 Å². The molecule has 5 rings (SSSR count). The van der Waals surface area contributed by atoms with Crippen molar-refractivity contribution in [3.63, 3.8) is 0 Å². The van der Waals surface area contributed by atoms with Crippen LogP contribution in [-0.2, 0) is 9.59 Å². The summed E-state index contributed by atoms with van der Waals surface area (Å²) in [6.45, 7) is 7.23. The molecule has 0 aromatic heterocycles. The van der Waals surface area contributed by atoms with E-state index < -0.39 is 0 Å². The van der Waals surface area contributed by atoms with Gasteiger partial charge in [-0.1, -0.05) is 72.8 Å². The molecule has 2 saturated heterocycles. The van der Waals surface area contributed by atoms with Crippen molar-refractivity contribution in [3.05, 3.63) is 111 Å². The van der Waals surface area contributed by atoms with Gasteiger partial charge in [0.05, 0.1) is 6.04 Å². The highest BCUT2D eigenvalue weighted by Crippen LogP contribution is 2.28. The molecule has 7 heteroatoms. The van der Waals surface area contributed by atoms with Crippen LogP contribution >= 0.6 is 22.6 Å². The van der Waals surface area contributed by atoms with Crippen LogP contribution in [0, 0.1) is 3.57 Å². The highest BCUT2D eigenvalue weighted by atomic mass is 127. The lowest BCUT2D eigenvalue weighted by atomic mass is 9.90. The van der Waals surface area contributed by atoms with E-state index in [4.69, 9.17) is 0 Å². The third-order valence-electron chi connectivity index (χ3n) is 9.23. The number of hydrogen-bond acceptors (Lipinski definition) is 4. The summed E-state index contributed by atoms with van der Waals surface area (Å²) in [5.41, 5.74) is 3.42. The summed E-state index contributed by atoms with van der Waals surface area (Å²) in [5, 5.41) is 6.77. The van der Waals surface area contributed by atoms with E-state index in [9.17, 15) is 9.59 Å². The van der Waals surface area contributed by atoms with Crippen LogP contribution in [0.4, 0.5) is 0 Å². The molecule has 2 N–H and O–H groups in total. The fourth-order valence-corrected chi connectivity index (χ4v) is 6.98. The van der Waals surface area contributed by atoms with E-state index in [0.29, 0.717) is 31.7 Å². The van der Waals surface area contributed by atoms with Gasteiger partial charge in [-0.25, -0.2) is 0 Å². The molecule has 2 unspecified atom stereocenters. The van der Waals surface area contributed by atoms with Crippen LogP contribution in [0.5, 0.6) is 0 Å². The van der Waals surface area contributed by atoms with E-state index in [1.165, 1.54) is 24.0 Å². The number of hydrogen-bond donors (Lipinski definition) is 2. The quantitative estimate of drug-likeness (QED) is 0.188. The van der Waals surface area contributed by atoms with Gasteiger partial charge in [-0.2, -0.15) is 0 Å². The normalized spacial score (nSPS) is 22.9. The minimum absolute atomic E-state index is 0.00456. The number of benzene rings is 3. The van der Waals surface area contributed by atoms with Crippen molar-refractivity contribution in [2.24, 2.45) is 0 Å².